The highest BCUT2D eigenvalue weighted by atomic mass is 35.5. The van der Waals surface area contributed by atoms with Crippen LogP contribution in [0.15, 0.2) is 18.2 Å². The van der Waals surface area contributed by atoms with Crippen molar-refractivity contribution in [1.82, 2.24) is 10.6 Å². The molecule has 1 heterocycles. The number of halogens is 2. The third-order valence-electron chi connectivity index (χ3n) is 3.96. The van der Waals surface area contributed by atoms with Crippen molar-refractivity contribution in [3.05, 3.63) is 34.3 Å². The first kappa shape index (κ1) is 14.6. The number of amides is 1. The van der Waals surface area contributed by atoms with Crippen LogP contribution in [0.5, 0.6) is 0 Å². The minimum atomic E-state index is 0. The second kappa shape index (κ2) is 6.12. The van der Waals surface area contributed by atoms with Gasteiger partial charge >= 0.3 is 0 Å². The Morgan fingerprint density at radius 2 is 2.21 bits per heavy atom. The van der Waals surface area contributed by atoms with Gasteiger partial charge in [-0.2, -0.15) is 0 Å². The number of nitrogens with one attached hydrogen (secondary N) is 2. The van der Waals surface area contributed by atoms with Crippen LogP contribution in [0.3, 0.4) is 0 Å². The van der Waals surface area contributed by atoms with Gasteiger partial charge in [0, 0.05) is 11.6 Å². The van der Waals surface area contributed by atoms with Crippen LogP contribution >= 0.6 is 24.0 Å². The van der Waals surface area contributed by atoms with E-state index in [1.807, 2.05) is 12.1 Å². The maximum absolute atomic E-state index is 12.1. The van der Waals surface area contributed by atoms with Crippen LogP contribution in [-0.4, -0.2) is 19.0 Å². The highest BCUT2D eigenvalue weighted by molar-refractivity contribution is 6.31. The molecule has 1 aliphatic heterocycles. The zero-order valence-corrected chi connectivity index (χ0v) is 12.2. The third kappa shape index (κ3) is 2.88. The summed E-state index contributed by atoms with van der Waals surface area (Å²) in [5.74, 6) is 0.311. The summed E-state index contributed by atoms with van der Waals surface area (Å²) in [5.41, 5.74) is 2.40. The van der Waals surface area contributed by atoms with Gasteiger partial charge in [0.05, 0.1) is 12.0 Å². The Bertz CT molecular complexity index is 473. The van der Waals surface area contributed by atoms with Gasteiger partial charge in [-0.1, -0.05) is 23.7 Å². The maximum Gasteiger partial charge on any atom is 0.224 e. The number of hydrogen-bond acceptors (Lipinski definition) is 2. The van der Waals surface area contributed by atoms with Gasteiger partial charge in [0.2, 0.25) is 5.91 Å². The average Bonchev–Trinajstić information content (AvgIpc) is 2.99. The Morgan fingerprint density at radius 3 is 2.95 bits per heavy atom. The largest absolute Gasteiger partial charge is 0.349 e. The highest BCUT2D eigenvalue weighted by Gasteiger charge is 2.29. The summed E-state index contributed by atoms with van der Waals surface area (Å²) in [6.07, 6.45) is 2.87. The molecule has 104 valence electrons. The fourth-order valence-corrected chi connectivity index (χ4v) is 3.20. The van der Waals surface area contributed by atoms with E-state index in [1.54, 1.807) is 0 Å². The van der Waals surface area contributed by atoms with E-state index in [0.29, 0.717) is 0 Å². The topological polar surface area (TPSA) is 41.1 Å². The standard InChI is InChI=1S/C14H17ClN2O.ClH/c15-12-3-1-2-11-10(12)4-5-13(11)17-14(18)9-6-7-16-8-9;/h1-3,9,13,16H,4-8H2,(H,17,18);1H. The van der Waals surface area contributed by atoms with E-state index in [2.05, 4.69) is 16.7 Å². The van der Waals surface area contributed by atoms with Gasteiger partial charge < -0.3 is 10.6 Å². The molecule has 3 nitrogen and oxygen atoms in total. The molecule has 1 amide bonds. The van der Waals surface area contributed by atoms with Gasteiger partial charge in [0.25, 0.3) is 0 Å². The summed E-state index contributed by atoms with van der Waals surface area (Å²) in [6, 6.07) is 6.10. The van der Waals surface area contributed by atoms with Crippen LogP contribution in [0.2, 0.25) is 5.02 Å². The van der Waals surface area contributed by atoms with Crippen LogP contribution in [0.4, 0.5) is 0 Å². The molecule has 1 fully saturated rings. The minimum absolute atomic E-state index is 0. The van der Waals surface area contributed by atoms with Gasteiger partial charge in [-0.25, -0.2) is 0 Å². The normalized spacial score (nSPS) is 24.7. The second-order valence-corrected chi connectivity index (χ2v) is 5.50. The van der Waals surface area contributed by atoms with Crippen molar-refractivity contribution in [2.24, 2.45) is 5.92 Å². The Hall–Kier alpha value is -0.770. The van der Waals surface area contributed by atoms with Crippen LogP contribution in [-0.2, 0) is 11.2 Å². The minimum Gasteiger partial charge on any atom is -0.349 e. The van der Waals surface area contributed by atoms with Crippen LogP contribution in [0, 0.1) is 5.92 Å². The third-order valence-corrected chi connectivity index (χ3v) is 4.32. The Labute approximate surface area is 124 Å². The van der Waals surface area contributed by atoms with E-state index < -0.39 is 0 Å². The van der Waals surface area contributed by atoms with Crippen LogP contribution in [0.25, 0.3) is 0 Å². The lowest BCUT2D eigenvalue weighted by Gasteiger charge is -2.17. The van der Waals surface area contributed by atoms with E-state index in [9.17, 15) is 4.79 Å². The Kier molecular flexibility index (Phi) is 4.71. The van der Waals surface area contributed by atoms with Crippen molar-refractivity contribution < 1.29 is 4.79 Å². The van der Waals surface area contributed by atoms with Gasteiger partial charge in [-0.05, 0) is 43.0 Å². The summed E-state index contributed by atoms with van der Waals surface area (Å²) < 4.78 is 0. The summed E-state index contributed by atoms with van der Waals surface area (Å²) in [5, 5.41) is 7.22. The zero-order valence-electron chi connectivity index (χ0n) is 10.6. The number of hydrogen-bond donors (Lipinski definition) is 2. The van der Waals surface area contributed by atoms with Crippen LogP contribution < -0.4 is 10.6 Å². The van der Waals surface area contributed by atoms with Crippen LogP contribution in [0.1, 0.15) is 30.0 Å². The fraction of sp³-hybridized carbons (Fsp3) is 0.500. The number of fused-ring (bicyclic) bond motifs is 1. The molecule has 0 radical (unpaired) electrons. The van der Waals surface area contributed by atoms with Crippen molar-refractivity contribution >= 4 is 29.9 Å². The lowest BCUT2D eigenvalue weighted by atomic mass is 10.1. The summed E-state index contributed by atoms with van der Waals surface area (Å²) in [7, 11) is 0. The van der Waals surface area contributed by atoms with Crippen molar-refractivity contribution in [2.75, 3.05) is 13.1 Å². The average molecular weight is 301 g/mol. The maximum atomic E-state index is 12.1. The van der Waals surface area contributed by atoms with E-state index in [-0.39, 0.29) is 30.3 Å². The molecule has 0 saturated carbocycles. The van der Waals surface area contributed by atoms with E-state index in [1.165, 1.54) is 11.1 Å². The first-order valence-corrected chi connectivity index (χ1v) is 6.92. The number of benzene rings is 1. The second-order valence-electron chi connectivity index (χ2n) is 5.10. The van der Waals surface area contributed by atoms with E-state index in [4.69, 9.17) is 11.6 Å². The quantitative estimate of drug-likeness (QED) is 0.881. The molecule has 5 heteroatoms. The lowest BCUT2D eigenvalue weighted by Crippen LogP contribution is -2.34. The number of carbonyl (C=O) groups is 1. The smallest absolute Gasteiger partial charge is 0.224 e. The van der Waals surface area contributed by atoms with Gasteiger partial charge in [-0.3, -0.25) is 4.79 Å². The zero-order chi connectivity index (χ0) is 12.5. The molecule has 3 rings (SSSR count). The molecule has 2 aliphatic rings. The van der Waals surface area contributed by atoms with Gasteiger partial charge in [0.15, 0.2) is 0 Å². The first-order valence-electron chi connectivity index (χ1n) is 6.54. The molecule has 19 heavy (non-hydrogen) atoms. The summed E-state index contributed by atoms with van der Waals surface area (Å²) >= 11 is 6.18. The van der Waals surface area contributed by atoms with E-state index in [0.717, 1.165) is 37.4 Å². The lowest BCUT2D eigenvalue weighted by molar-refractivity contribution is -0.125. The highest BCUT2D eigenvalue weighted by Crippen LogP contribution is 2.35. The molecule has 1 saturated heterocycles. The molecule has 0 aromatic heterocycles. The van der Waals surface area contributed by atoms with E-state index >= 15 is 0 Å². The van der Waals surface area contributed by atoms with Crippen molar-refractivity contribution in [3.8, 4) is 0 Å². The van der Waals surface area contributed by atoms with Crippen molar-refractivity contribution in [2.45, 2.75) is 25.3 Å². The molecule has 2 unspecified atom stereocenters. The first-order chi connectivity index (χ1) is 8.75. The number of carbonyl (C=O) groups excluding carboxylic acids is 1. The number of rotatable bonds is 2. The SMILES string of the molecule is Cl.O=C(NC1CCc2c(Cl)cccc21)C1CCNC1. The van der Waals surface area contributed by atoms with Crippen molar-refractivity contribution in [3.63, 3.8) is 0 Å². The Balaban J connectivity index is 0.00000133. The monoisotopic (exact) mass is 300 g/mol. The molecule has 2 atom stereocenters. The molecular formula is C14H18Cl2N2O. The summed E-state index contributed by atoms with van der Waals surface area (Å²) in [4.78, 5) is 12.1. The molecular weight excluding hydrogens is 283 g/mol. The molecule has 1 aromatic carbocycles. The van der Waals surface area contributed by atoms with Gasteiger partial charge in [-0.15, -0.1) is 12.4 Å². The molecule has 1 aliphatic carbocycles. The Morgan fingerprint density at radius 1 is 1.37 bits per heavy atom. The van der Waals surface area contributed by atoms with Crippen molar-refractivity contribution in [1.29, 1.82) is 0 Å². The summed E-state index contributed by atoms with van der Waals surface area (Å²) in [6.45, 7) is 1.76. The van der Waals surface area contributed by atoms with Gasteiger partial charge in [0.1, 0.15) is 0 Å². The molecule has 0 spiro atoms. The molecule has 2 N–H and O–H groups in total. The molecule has 1 aromatic rings. The molecule has 0 bridgehead atoms. The fourth-order valence-electron chi connectivity index (χ4n) is 2.93. The predicted molar refractivity (Wildman–Crippen MR) is 78.9 cm³/mol. The predicted octanol–water partition coefficient (Wildman–Crippen LogP) is 2.47.